The third-order valence-electron chi connectivity index (χ3n) is 4.68. The lowest BCUT2D eigenvalue weighted by molar-refractivity contribution is -0.124. The minimum atomic E-state index is -0.179. The van der Waals surface area contributed by atoms with E-state index in [9.17, 15) is 9.90 Å². The molecular weight excluding hydrogens is 240 g/mol. The quantitative estimate of drug-likeness (QED) is 0.741. The summed E-state index contributed by atoms with van der Waals surface area (Å²) >= 11 is 0. The van der Waals surface area contributed by atoms with Crippen molar-refractivity contribution in [2.24, 2.45) is 11.8 Å². The third kappa shape index (κ3) is 4.46. The van der Waals surface area contributed by atoms with Crippen molar-refractivity contribution in [1.29, 1.82) is 0 Å². The van der Waals surface area contributed by atoms with Crippen molar-refractivity contribution in [3.8, 4) is 0 Å². The highest BCUT2D eigenvalue weighted by molar-refractivity contribution is 5.78. The molecule has 2 N–H and O–H groups in total. The topological polar surface area (TPSA) is 52.6 Å². The summed E-state index contributed by atoms with van der Waals surface area (Å²) in [6.07, 6.45) is 6.45. The molecule has 0 bridgehead atoms. The van der Waals surface area contributed by atoms with Gasteiger partial charge < -0.3 is 15.3 Å². The van der Waals surface area contributed by atoms with E-state index in [2.05, 4.69) is 17.1 Å². The highest BCUT2D eigenvalue weighted by Crippen LogP contribution is 2.24. The Kier molecular flexibility index (Phi) is 5.64. The number of aliphatic hydroxyl groups excluding tert-OH is 1. The maximum atomic E-state index is 11.8. The number of hydrogen-bond donors (Lipinski definition) is 2. The SMILES string of the molecule is CC1CCN(CCCNC(=O)C2CCCC2)CC1O. The van der Waals surface area contributed by atoms with Crippen LogP contribution in [0.5, 0.6) is 0 Å². The molecule has 0 aromatic carbocycles. The average Bonchev–Trinajstić information content (AvgIpc) is 2.92. The minimum Gasteiger partial charge on any atom is -0.392 e. The van der Waals surface area contributed by atoms with Crippen molar-refractivity contribution < 1.29 is 9.90 Å². The number of β-amino-alcohol motifs (C(OH)–C–C–N with tert-alkyl or cyclic N) is 1. The van der Waals surface area contributed by atoms with Gasteiger partial charge in [0.25, 0.3) is 0 Å². The number of carbonyl (C=O) groups excluding carboxylic acids is 1. The summed E-state index contributed by atoms with van der Waals surface area (Å²) in [6.45, 7) is 5.74. The fraction of sp³-hybridized carbons (Fsp3) is 0.933. The molecule has 0 radical (unpaired) electrons. The Hall–Kier alpha value is -0.610. The molecule has 2 fully saturated rings. The summed E-state index contributed by atoms with van der Waals surface area (Å²) in [4.78, 5) is 14.1. The number of piperidine rings is 1. The van der Waals surface area contributed by atoms with Crippen molar-refractivity contribution in [2.75, 3.05) is 26.2 Å². The molecule has 1 amide bonds. The van der Waals surface area contributed by atoms with Crippen molar-refractivity contribution in [3.63, 3.8) is 0 Å². The van der Waals surface area contributed by atoms with Crippen molar-refractivity contribution in [3.05, 3.63) is 0 Å². The molecule has 2 rings (SSSR count). The van der Waals surface area contributed by atoms with Gasteiger partial charge in [0.1, 0.15) is 0 Å². The van der Waals surface area contributed by atoms with Gasteiger partial charge in [0, 0.05) is 19.0 Å². The number of likely N-dealkylation sites (tertiary alicyclic amines) is 1. The van der Waals surface area contributed by atoms with Crippen LogP contribution < -0.4 is 5.32 Å². The zero-order chi connectivity index (χ0) is 13.7. The second kappa shape index (κ2) is 7.25. The van der Waals surface area contributed by atoms with Gasteiger partial charge in [-0.3, -0.25) is 4.79 Å². The van der Waals surface area contributed by atoms with E-state index in [-0.39, 0.29) is 17.9 Å². The standard InChI is InChI=1S/C15H28N2O2/c1-12-7-10-17(11-14(12)18)9-4-8-16-15(19)13-5-2-3-6-13/h12-14,18H,2-11H2,1H3,(H,16,19). The Balaban J connectivity index is 1.55. The number of nitrogens with zero attached hydrogens (tertiary/aromatic N) is 1. The highest BCUT2D eigenvalue weighted by Gasteiger charge is 2.24. The summed E-state index contributed by atoms with van der Waals surface area (Å²) in [7, 11) is 0. The lowest BCUT2D eigenvalue weighted by atomic mass is 9.96. The van der Waals surface area contributed by atoms with Crippen LogP contribution in [0.2, 0.25) is 0 Å². The van der Waals surface area contributed by atoms with E-state index in [0.29, 0.717) is 5.92 Å². The Morgan fingerprint density at radius 3 is 2.74 bits per heavy atom. The normalized spacial score (nSPS) is 29.6. The van der Waals surface area contributed by atoms with Gasteiger partial charge in [-0.1, -0.05) is 19.8 Å². The smallest absolute Gasteiger partial charge is 0.223 e. The minimum absolute atomic E-state index is 0.179. The molecule has 1 aliphatic carbocycles. The number of hydrogen-bond acceptors (Lipinski definition) is 3. The predicted octanol–water partition coefficient (Wildman–Crippen LogP) is 1.39. The Morgan fingerprint density at radius 2 is 2.05 bits per heavy atom. The summed E-state index contributed by atoms with van der Waals surface area (Å²) in [5, 5.41) is 12.9. The molecule has 2 aliphatic rings. The van der Waals surface area contributed by atoms with Gasteiger partial charge in [-0.15, -0.1) is 0 Å². The van der Waals surface area contributed by atoms with E-state index in [1.54, 1.807) is 0 Å². The predicted molar refractivity (Wildman–Crippen MR) is 75.8 cm³/mol. The maximum absolute atomic E-state index is 11.8. The molecule has 1 saturated carbocycles. The van der Waals surface area contributed by atoms with Crippen LogP contribution in [-0.4, -0.2) is 48.2 Å². The molecule has 0 spiro atoms. The zero-order valence-corrected chi connectivity index (χ0v) is 12.1. The zero-order valence-electron chi connectivity index (χ0n) is 12.1. The van der Waals surface area contributed by atoms with E-state index in [1.165, 1.54) is 12.8 Å². The van der Waals surface area contributed by atoms with Gasteiger partial charge in [-0.2, -0.15) is 0 Å². The van der Waals surface area contributed by atoms with E-state index < -0.39 is 0 Å². The number of amides is 1. The van der Waals surface area contributed by atoms with Crippen molar-refractivity contribution >= 4 is 5.91 Å². The monoisotopic (exact) mass is 268 g/mol. The van der Waals surface area contributed by atoms with Crippen LogP contribution in [0, 0.1) is 11.8 Å². The maximum Gasteiger partial charge on any atom is 0.223 e. The first-order valence-electron chi connectivity index (χ1n) is 7.85. The van der Waals surface area contributed by atoms with Gasteiger partial charge in [-0.25, -0.2) is 0 Å². The fourth-order valence-electron chi connectivity index (χ4n) is 3.16. The highest BCUT2D eigenvalue weighted by atomic mass is 16.3. The number of rotatable bonds is 5. The summed E-state index contributed by atoms with van der Waals surface area (Å²) in [5.41, 5.74) is 0. The second-order valence-electron chi connectivity index (χ2n) is 6.26. The molecule has 0 aromatic heterocycles. The Bertz CT molecular complexity index is 290. The largest absolute Gasteiger partial charge is 0.392 e. The van der Waals surface area contributed by atoms with Crippen molar-refractivity contribution in [2.45, 2.75) is 51.6 Å². The van der Waals surface area contributed by atoms with Gasteiger partial charge in [0.05, 0.1) is 6.10 Å². The van der Waals surface area contributed by atoms with Crippen LogP contribution >= 0.6 is 0 Å². The molecule has 1 heterocycles. The number of carbonyl (C=O) groups is 1. The van der Waals surface area contributed by atoms with Gasteiger partial charge in [0.15, 0.2) is 0 Å². The third-order valence-corrected chi connectivity index (χ3v) is 4.68. The molecular formula is C15H28N2O2. The number of nitrogens with one attached hydrogen (secondary N) is 1. The summed E-state index contributed by atoms with van der Waals surface area (Å²) < 4.78 is 0. The van der Waals surface area contributed by atoms with E-state index in [4.69, 9.17) is 0 Å². The van der Waals surface area contributed by atoms with Crippen LogP contribution in [0.25, 0.3) is 0 Å². The van der Waals surface area contributed by atoms with E-state index in [0.717, 1.165) is 51.9 Å². The molecule has 1 saturated heterocycles. The van der Waals surface area contributed by atoms with E-state index in [1.807, 2.05) is 0 Å². The summed E-state index contributed by atoms with van der Waals surface area (Å²) in [6, 6.07) is 0. The lowest BCUT2D eigenvalue weighted by Gasteiger charge is -2.34. The Labute approximate surface area is 116 Å². The lowest BCUT2D eigenvalue weighted by Crippen LogP contribution is -2.43. The first-order valence-corrected chi connectivity index (χ1v) is 7.85. The van der Waals surface area contributed by atoms with E-state index >= 15 is 0 Å². The number of aliphatic hydroxyl groups is 1. The Morgan fingerprint density at radius 1 is 1.32 bits per heavy atom. The van der Waals surface area contributed by atoms with Gasteiger partial charge >= 0.3 is 0 Å². The molecule has 2 unspecified atom stereocenters. The molecule has 0 aromatic rings. The molecule has 2 atom stereocenters. The van der Waals surface area contributed by atoms with Crippen LogP contribution in [0.1, 0.15) is 45.4 Å². The first kappa shape index (κ1) is 14.8. The fourth-order valence-corrected chi connectivity index (χ4v) is 3.16. The van der Waals surface area contributed by atoms with Crippen LogP contribution in [-0.2, 0) is 4.79 Å². The van der Waals surface area contributed by atoms with Crippen LogP contribution in [0.3, 0.4) is 0 Å². The molecule has 4 nitrogen and oxygen atoms in total. The molecule has 1 aliphatic heterocycles. The van der Waals surface area contributed by atoms with Crippen molar-refractivity contribution in [1.82, 2.24) is 10.2 Å². The first-order chi connectivity index (χ1) is 9.16. The molecule has 19 heavy (non-hydrogen) atoms. The van der Waals surface area contributed by atoms with Gasteiger partial charge in [0.2, 0.25) is 5.91 Å². The second-order valence-corrected chi connectivity index (χ2v) is 6.26. The summed E-state index contributed by atoms with van der Waals surface area (Å²) in [5.74, 6) is 0.959. The van der Waals surface area contributed by atoms with Gasteiger partial charge in [-0.05, 0) is 44.7 Å². The average molecular weight is 268 g/mol. The van der Waals surface area contributed by atoms with Crippen LogP contribution in [0.15, 0.2) is 0 Å². The van der Waals surface area contributed by atoms with Crippen LogP contribution in [0.4, 0.5) is 0 Å². The molecule has 4 heteroatoms. The molecule has 110 valence electrons.